The number of hydrogen-bond acceptors (Lipinski definition) is 6. The molecule has 0 fully saturated rings. The van der Waals surface area contributed by atoms with Crippen LogP contribution in [0.25, 0.3) is 11.3 Å². The maximum atomic E-state index is 11.8. The Bertz CT molecular complexity index is 992. The largest absolute Gasteiger partial charge is 0.455 e. The molecule has 8 nitrogen and oxygen atoms in total. The molecule has 0 saturated carbocycles. The first-order valence-corrected chi connectivity index (χ1v) is 8.48. The summed E-state index contributed by atoms with van der Waals surface area (Å²) in [7, 11) is 0. The first-order valence-electron chi connectivity index (χ1n) is 8.48. The molecular weight excluding hydrogens is 360 g/mol. The van der Waals surface area contributed by atoms with Gasteiger partial charge in [-0.05, 0) is 43.3 Å². The van der Waals surface area contributed by atoms with Gasteiger partial charge in [-0.1, -0.05) is 17.7 Å². The van der Waals surface area contributed by atoms with Crippen molar-refractivity contribution in [1.82, 2.24) is 5.43 Å². The lowest BCUT2D eigenvalue weighted by atomic mass is 10.1. The van der Waals surface area contributed by atoms with E-state index < -0.39 is 4.92 Å². The Labute approximate surface area is 161 Å². The van der Waals surface area contributed by atoms with E-state index >= 15 is 0 Å². The van der Waals surface area contributed by atoms with E-state index in [1.165, 1.54) is 18.3 Å². The van der Waals surface area contributed by atoms with E-state index in [1.54, 1.807) is 24.3 Å². The number of nitrogens with zero attached hydrogens (tertiary/aromatic N) is 2. The third-order valence-corrected chi connectivity index (χ3v) is 3.88. The highest BCUT2D eigenvalue weighted by atomic mass is 16.6. The Morgan fingerprint density at radius 1 is 1.11 bits per heavy atom. The molecule has 0 aliphatic heterocycles. The van der Waals surface area contributed by atoms with Gasteiger partial charge < -0.3 is 9.73 Å². The van der Waals surface area contributed by atoms with Crippen LogP contribution >= 0.6 is 0 Å². The lowest BCUT2D eigenvalue weighted by molar-refractivity contribution is -0.384. The predicted octanol–water partition coefficient (Wildman–Crippen LogP) is 3.73. The van der Waals surface area contributed by atoms with Crippen molar-refractivity contribution in [3.05, 3.63) is 82.1 Å². The molecule has 0 atom stereocenters. The third kappa shape index (κ3) is 5.04. The van der Waals surface area contributed by atoms with Crippen LogP contribution in [-0.4, -0.2) is 23.6 Å². The molecule has 0 aliphatic carbocycles. The lowest BCUT2D eigenvalue weighted by Gasteiger charge is -2.05. The van der Waals surface area contributed by atoms with E-state index in [4.69, 9.17) is 4.42 Å². The van der Waals surface area contributed by atoms with E-state index in [-0.39, 0.29) is 18.1 Å². The number of hydrogen-bond donors (Lipinski definition) is 2. The zero-order chi connectivity index (χ0) is 19.9. The number of nitrogens with one attached hydrogen (secondary N) is 2. The average molecular weight is 378 g/mol. The molecule has 2 N–H and O–H groups in total. The van der Waals surface area contributed by atoms with E-state index in [2.05, 4.69) is 15.8 Å². The van der Waals surface area contributed by atoms with Crippen molar-refractivity contribution < 1.29 is 14.1 Å². The van der Waals surface area contributed by atoms with Gasteiger partial charge in [0.1, 0.15) is 11.5 Å². The lowest BCUT2D eigenvalue weighted by Crippen LogP contribution is -2.25. The predicted molar refractivity (Wildman–Crippen MR) is 106 cm³/mol. The quantitative estimate of drug-likeness (QED) is 0.370. The first kappa shape index (κ1) is 18.8. The van der Waals surface area contributed by atoms with Gasteiger partial charge in [0.15, 0.2) is 0 Å². The number of nitro groups is 1. The molecule has 3 rings (SSSR count). The number of non-ortho nitro benzene ring substituents is 1. The molecule has 142 valence electrons. The molecule has 8 heteroatoms. The SMILES string of the molecule is Cc1ccc(NCC(=O)N/N=C/c2ccc(-c3ccc([N+](=O)[O-])cc3)o2)cc1. The molecular formula is C20H18N4O4. The molecule has 28 heavy (non-hydrogen) atoms. The summed E-state index contributed by atoms with van der Waals surface area (Å²) in [6.45, 7) is 2.08. The second-order valence-corrected chi connectivity index (χ2v) is 6.02. The van der Waals surface area contributed by atoms with Crippen molar-refractivity contribution in [2.75, 3.05) is 11.9 Å². The number of nitro benzene ring substituents is 1. The van der Waals surface area contributed by atoms with Crippen molar-refractivity contribution in [3.8, 4) is 11.3 Å². The summed E-state index contributed by atoms with van der Waals surface area (Å²) in [6, 6.07) is 17.2. The number of carbonyl (C=O) groups excluding carboxylic acids is 1. The summed E-state index contributed by atoms with van der Waals surface area (Å²) >= 11 is 0. The van der Waals surface area contributed by atoms with Gasteiger partial charge in [0.25, 0.3) is 11.6 Å². The van der Waals surface area contributed by atoms with Gasteiger partial charge in [-0.2, -0.15) is 5.10 Å². The summed E-state index contributed by atoms with van der Waals surface area (Å²) in [5.74, 6) is 0.697. The van der Waals surface area contributed by atoms with Gasteiger partial charge in [-0.15, -0.1) is 0 Å². The van der Waals surface area contributed by atoms with Crippen molar-refractivity contribution in [2.45, 2.75) is 6.92 Å². The standard InChI is InChI=1S/C20H18N4O4/c1-14-2-6-16(7-3-14)21-13-20(25)23-22-12-18-10-11-19(28-18)15-4-8-17(9-5-15)24(26)27/h2-12,21H,13H2,1H3,(H,23,25)/b22-12+. The van der Waals surface area contributed by atoms with Gasteiger partial charge in [0.2, 0.25) is 0 Å². The van der Waals surface area contributed by atoms with Crippen LogP contribution in [0.3, 0.4) is 0 Å². The molecule has 3 aromatic rings. The molecule has 2 aromatic carbocycles. The Balaban J connectivity index is 1.51. The van der Waals surface area contributed by atoms with Crippen molar-refractivity contribution in [1.29, 1.82) is 0 Å². The maximum absolute atomic E-state index is 11.8. The number of furan rings is 1. The first-order chi connectivity index (χ1) is 13.5. The fourth-order valence-corrected chi connectivity index (χ4v) is 2.39. The van der Waals surface area contributed by atoms with Crippen LogP contribution in [0.15, 0.2) is 70.2 Å². The second kappa shape index (κ2) is 8.63. The fraction of sp³-hybridized carbons (Fsp3) is 0.100. The van der Waals surface area contributed by atoms with Gasteiger partial charge in [-0.25, -0.2) is 5.43 Å². The number of carbonyl (C=O) groups is 1. The third-order valence-electron chi connectivity index (χ3n) is 3.88. The molecule has 0 saturated heterocycles. The highest BCUT2D eigenvalue weighted by Gasteiger charge is 2.08. The zero-order valence-corrected chi connectivity index (χ0v) is 15.1. The van der Waals surface area contributed by atoms with Crippen LogP contribution < -0.4 is 10.7 Å². The topological polar surface area (TPSA) is 110 Å². The van der Waals surface area contributed by atoms with Crippen LogP contribution in [-0.2, 0) is 4.79 Å². The molecule has 0 unspecified atom stereocenters. The number of aryl methyl sites for hydroxylation is 1. The van der Waals surface area contributed by atoms with E-state index in [1.807, 2.05) is 31.2 Å². The molecule has 0 aliphatic rings. The van der Waals surface area contributed by atoms with Crippen LogP contribution in [0, 0.1) is 17.0 Å². The molecule has 1 heterocycles. The van der Waals surface area contributed by atoms with E-state index in [9.17, 15) is 14.9 Å². The van der Waals surface area contributed by atoms with E-state index in [0.717, 1.165) is 11.3 Å². The highest BCUT2D eigenvalue weighted by Crippen LogP contribution is 2.23. The summed E-state index contributed by atoms with van der Waals surface area (Å²) in [4.78, 5) is 22.0. The number of benzene rings is 2. The normalized spacial score (nSPS) is 10.8. The zero-order valence-electron chi connectivity index (χ0n) is 15.1. The van der Waals surface area contributed by atoms with Gasteiger partial charge in [-0.3, -0.25) is 14.9 Å². The molecule has 1 amide bonds. The van der Waals surface area contributed by atoms with Crippen LogP contribution in [0.2, 0.25) is 0 Å². The van der Waals surface area contributed by atoms with Crippen LogP contribution in [0.5, 0.6) is 0 Å². The second-order valence-electron chi connectivity index (χ2n) is 6.02. The van der Waals surface area contributed by atoms with Gasteiger partial charge in [0, 0.05) is 23.4 Å². The van der Waals surface area contributed by atoms with Crippen molar-refractivity contribution >= 4 is 23.5 Å². The molecule has 0 spiro atoms. The smallest absolute Gasteiger partial charge is 0.269 e. The number of hydrazone groups is 1. The van der Waals surface area contributed by atoms with Gasteiger partial charge in [0.05, 0.1) is 17.7 Å². The summed E-state index contributed by atoms with van der Waals surface area (Å²) in [5.41, 5.74) is 5.13. The Hall–Kier alpha value is -3.94. The van der Waals surface area contributed by atoms with Crippen molar-refractivity contribution in [3.63, 3.8) is 0 Å². The minimum absolute atomic E-state index is 0.0130. The highest BCUT2D eigenvalue weighted by molar-refractivity contribution is 5.83. The number of amides is 1. The Morgan fingerprint density at radius 3 is 2.50 bits per heavy atom. The minimum Gasteiger partial charge on any atom is -0.455 e. The minimum atomic E-state index is -0.458. The Kier molecular flexibility index (Phi) is 5.81. The maximum Gasteiger partial charge on any atom is 0.269 e. The summed E-state index contributed by atoms with van der Waals surface area (Å²) < 4.78 is 5.61. The number of rotatable bonds is 7. The summed E-state index contributed by atoms with van der Waals surface area (Å²) in [5, 5.41) is 17.6. The monoisotopic (exact) mass is 378 g/mol. The number of anilines is 1. The molecule has 0 radical (unpaired) electrons. The van der Waals surface area contributed by atoms with Gasteiger partial charge >= 0.3 is 0 Å². The van der Waals surface area contributed by atoms with Crippen LogP contribution in [0.1, 0.15) is 11.3 Å². The van der Waals surface area contributed by atoms with Crippen molar-refractivity contribution in [2.24, 2.45) is 5.10 Å². The fourth-order valence-electron chi connectivity index (χ4n) is 2.39. The van der Waals surface area contributed by atoms with E-state index in [0.29, 0.717) is 17.1 Å². The molecule has 0 bridgehead atoms. The van der Waals surface area contributed by atoms with Crippen LogP contribution in [0.4, 0.5) is 11.4 Å². The summed E-state index contributed by atoms with van der Waals surface area (Å²) in [6.07, 6.45) is 1.39. The molecule has 1 aromatic heterocycles. The average Bonchev–Trinajstić information content (AvgIpc) is 3.16. The Morgan fingerprint density at radius 2 is 1.82 bits per heavy atom.